The Balaban J connectivity index is 2.91. The molecule has 6 heteroatoms. The van der Waals surface area contributed by atoms with Crippen molar-refractivity contribution in [2.24, 2.45) is 5.41 Å². The summed E-state index contributed by atoms with van der Waals surface area (Å²) < 4.78 is 25.5. The first-order chi connectivity index (χ1) is 7.63. The second-order valence-corrected chi connectivity index (χ2v) is 7.70. The van der Waals surface area contributed by atoms with Crippen LogP contribution in [0.4, 0.5) is 0 Å². The van der Waals surface area contributed by atoms with Gasteiger partial charge in [0, 0.05) is 6.54 Å². The number of nitrogens with zero attached hydrogens (tertiary/aromatic N) is 1. The Morgan fingerprint density at radius 1 is 1.35 bits per heavy atom. The van der Waals surface area contributed by atoms with Crippen LogP contribution in [0.25, 0.3) is 0 Å². The zero-order chi connectivity index (χ0) is 13.3. The quantitative estimate of drug-likeness (QED) is 0.833. The Kier molecular flexibility index (Phi) is 4.19. The predicted molar refractivity (Wildman–Crippen MR) is 65.2 cm³/mol. The van der Waals surface area contributed by atoms with Crippen LogP contribution in [0.15, 0.2) is 0 Å². The molecule has 1 rings (SSSR count). The summed E-state index contributed by atoms with van der Waals surface area (Å²) in [6.45, 7) is 5.84. The molecule has 5 nitrogen and oxygen atoms in total. The van der Waals surface area contributed by atoms with E-state index in [9.17, 15) is 13.2 Å². The molecule has 1 aliphatic rings. The van der Waals surface area contributed by atoms with E-state index in [1.807, 2.05) is 20.8 Å². The first-order valence-corrected chi connectivity index (χ1v) is 7.47. The zero-order valence-electron chi connectivity index (χ0n) is 10.6. The first-order valence-electron chi connectivity index (χ1n) is 5.86. The average molecular weight is 263 g/mol. The van der Waals surface area contributed by atoms with Crippen LogP contribution in [-0.4, -0.2) is 42.1 Å². The average Bonchev–Trinajstić information content (AvgIpc) is 2.14. The third-order valence-electron chi connectivity index (χ3n) is 2.71. The van der Waals surface area contributed by atoms with Gasteiger partial charge in [-0.2, -0.15) is 4.31 Å². The van der Waals surface area contributed by atoms with Gasteiger partial charge in [0.15, 0.2) is 0 Å². The van der Waals surface area contributed by atoms with Crippen LogP contribution in [0.2, 0.25) is 0 Å². The lowest BCUT2D eigenvalue weighted by molar-refractivity contribution is -0.142. The minimum absolute atomic E-state index is 0.0101. The molecule has 0 amide bonds. The number of piperidine rings is 1. The van der Waals surface area contributed by atoms with Crippen molar-refractivity contribution < 1.29 is 18.3 Å². The summed E-state index contributed by atoms with van der Waals surface area (Å²) in [5.41, 5.74) is -0.362. The molecule has 0 aliphatic carbocycles. The predicted octanol–water partition coefficient (Wildman–Crippen LogP) is 1.30. The van der Waals surface area contributed by atoms with Crippen LogP contribution in [0.3, 0.4) is 0 Å². The Morgan fingerprint density at radius 3 is 2.41 bits per heavy atom. The number of sulfonamides is 1. The minimum atomic E-state index is -3.48. The number of hydrogen-bond acceptors (Lipinski definition) is 3. The van der Waals surface area contributed by atoms with Gasteiger partial charge in [-0.25, -0.2) is 8.42 Å². The number of carboxylic acids is 1. The largest absolute Gasteiger partial charge is 0.480 e. The minimum Gasteiger partial charge on any atom is -0.480 e. The normalized spacial score (nSPS) is 23.6. The summed E-state index contributed by atoms with van der Waals surface area (Å²) in [6.07, 6.45) is 1.93. The van der Waals surface area contributed by atoms with Gasteiger partial charge in [0.25, 0.3) is 0 Å². The molecule has 0 spiro atoms. The van der Waals surface area contributed by atoms with Crippen LogP contribution in [0.1, 0.15) is 40.0 Å². The molecule has 1 fully saturated rings. The maximum absolute atomic E-state index is 12.2. The highest BCUT2D eigenvalue weighted by Gasteiger charge is 2.38. The van der Waals surface area contributed by atoms with Crippen LogP contribution < -0.4 is 0 Å². The molecule has 1 heterocycles. The van der Waals surface area contributed by atoms with E-state index >= 15 is 0 Å². The summed E-state index contributed by atoms with van der Waals surface area (Å²) in [5.74, 6) is -1.05. The van der Waals surface area contributed by atoms with Gasteiger partial charge in [0.1, 0.15) is 6.04 Å². The van der Waals surface area contributed by atoms with E-state index in [0.717, 1.165) is 12.8 Å². The molecule has 0 aromatic rings. The van der Waals surface area contributed by atoms with Crippen molar-refractivity contribution in [3.63, 3.8) is 0 Å². The Morgan fingerprint density at radius 2 is 1.94 bits per heavy atom. The van der Waals surface area contributed by atoms with Gasteiger partial charge in [-0.3, -0.25) is 4.79 Å². The summed E-state index contributed by atoms with van der Waals surface area (Å²) in [6, 6.07) is -0.879. The maximum Gasteiger partial charge on any atom is 0.322 e. The number of rotatable bonds is 3. The molecule has 0 unspecified atom stereocenters. The first kappa shape index (κ1) is 14.4. The van der Waals surface area contributed by atoms with Crippen LogP contribution in [0, 0.1) is 5.41 Å². The fourth-order valence-electron chi connectivity index (χ4n) is 2.11. The maximum atomic E-state index is 12.2. The van der Waals surface area contributed by atoms with Gasteiger partial charge in [0.2, 0.25) is 10.0 Å². The molecule has 1 N–H and O–H groups in total. The highest BCUT2D eigenvalue weighted by atomic mass is 32.2. The molecule has 0 aromatic carbocycles. The van der Waals surface area contributed by atoms with E-state index < -0.39 is 22.0 Å². The van der Waals surface area contributed by atoms with Gasteiger partial charge in [-0.05, 0) is 24.7 Å². The molecule has 100 valence electrons. The standard InChI is InChI=1S/C11H21NO4S/c1-11(2,3)8-17(15,16)12-7-5-4-6-9(12)10(13)14/h9H,4-8H2,1-3H3,(H,13,14)/t9-/m1/s1. The van der Waals surface area contributed by atoms with Crippen molar-refractivity contribution in [1.82, 2.24) is 4.31 Å². The third-order valence-corrected chi connectivity index (χ3v) is 5.09. The van der Waals surface area contributed by atoms with Crippen molar-refractivity contribution >= 4 is 16.0 Å². The van der Waals surface area contributed by atoms with Crippen molar-refractivity contribution in [3.05, 3.63) is 0 Å². The van der Waals surface area contributed by atoms with Crippen molar-refractivity contribution in [2.45, 2.75) is 46.1 Å². The van der Waals surface area contributed by atoms with Crippen molar-refractivity contribution in [3.8, 4) is 0 Å². The Bertz CT molecular complexity index is 383. The van der Waals surface area contributed by atoms with Gasteiger partial charge < -0.3 is 5.11 Å². The second-order valence-electron chi connectivity index (χ2n) is 5.78. The van der Waals surface area contributed by atoms with Crippen LogP contribution in [-0.2, 0) is 14.8 Å². The summed E-state index contributed by atoms with van der Waals surface area (Å²) in [7, 11) is -3.48. The van der Waals surface area contributed by atoms with E-state index in [2.05, 4.69) is 0 Å². The molecule has 0 aromatic heterocycles. The molecular weight excluding hydrogens is 242 g/mol. The summed E-state index contributed by atoms with van der Waals surface area (Å²) >= 11 is 0. The van der Waals surface area contributed by atoms with Gasteiger partial charge >= 0.3 is 5.97 Å². The molecule has 0 radical (unpaired) electrons. The highest BCUT2D eigenvalue weighted by molar-refractivity contribution is 7.89. The molecule has 17 heavy (non-hydrogen) atoms. The summed E-state index contributed by atoms with van der Waals surface area (Å²) in [4.78, 5) is 11.1. The highest BCUT2D eigenvalue weighted by Crippen LogP contribution is 2.25. The van der Waals surface area contributed by atoms with Crippen LogP contribution in [0.5, 0.6) is 0 Å². The van der Waals surface area contributed by atoms with E-state index in [1.54, 1.807) is 0 Å². The third kappa shape index (κ3) is 3.96. The molecule has 0 saturated carbocycles. The van der Waals surface area contributed by atoms with Gasteiger partial charge in [-0.15, -0.1) is 0 Å². The molecular formula is C11H21NO4S. The number of carbonyl (C=O) groups is 1. The fourth-order valence-corrected chi connectivity index (χ4v) is 4.37. The monoisotopic (exact) mass is 263 g/mol. The Labute approximate surface area is 103 Å². The topological polar surface area (TPSA) is 74.7 Å². The van der Waals surface area contributed by atoms with E-state index in [1.165, 1.54) is 4.31 Å². The molecule has 1 saturated heterocycles. The van der Waals surface area contributed by atoms with E-state index in [0.29, 0.717) is 13.0 Å². The summed E-state index contributed by atoms with van der Waals surface area (Å²) in [5, 5.41) is 9.06. The smallest absolute Gasteiger partial charge is 0.322 e. The number of carboxylic acid groups (broad SMARTS) is 1. The lowest BCUT2D eigenvalue weighted by atomic mass is 10.0. The van der Waals surface area contributed by atoms with Gasteiger partial charge in [0.05, 0.1) is 5.75 Å². The number of aliphatic carboxylic acids is 1. The molecule has 1 aliphatic heterocycles. The van der Waals surface area contributed by atoms with Gasteiger partial charge in [-0.1, -0.05) is 20.8 Å². The second kappa shape index (κ2) is 4.94. The molecule has 1 atom stereocenters. The molecule has 0 bridgehead atoms. The van der Waals surface area contributed by atoms with E-state index in [4.69, 9.17) is 5.11 Å². The zero-order valence-corrected chi connectivity index (χ0v) is 11.5. The Hall–Kier alpha value is -0.620. The fraction of sp³-hybridized carbons (Fsp3) is 0.909. The van der Waals surface area contributed by atoms with Crippen molar-refractivity contribution in [1.29, 1.82) is 0 Å². The van der Waals surface area contributed by atoms with Crippen LogP contribution >= 0.6 is 0 Å². The van der Waals surface area contributed by atoms with E-state index in [-0.39, 0.29) is 11.2 Å². The number of hydrogen-bond donors (Lipinski definition) is 1. The SMILES string of the molecule is CC(C)(C)CS(=O)(=O)N1CCCC[C@@H]1C(=O)O. The lowest BCUT2D eigenvalue weighted by Crippen LogP contribution is -2.49. The van der Waals surface area contributed by atoms with Crippen molar-refractivity contribution in [2.75, 3.05) is 12.3 Å². The lowest BCUT2D eigenvalue weighted by Gasteiger charge is -2.33.